The lowest BCUT2D eigenvalue weighted by Gasteiger charge is -2.40. The fourth-order valence-electron chi connectivity index (χ4n) is 5.18. The molecule has 1 aromatic rings. The first-order chi connectivity index (χ1) is 14.6. The molecule has 6 nitrogen and oxygen atoms in total. The summed E-state index contributed by atoms with van der Waals surface area (Å²) in [5.41, 5.74) is 12.3. The van der Waals surface area contributed by atoms with Crippen molar-refractivity contribution in [2.75, 3.05) is 63.5 Å². The number of dihydropyridines is 1. The maximum atomic E-state index is 6.18. The van der Waals surface area contributed by atoms with Crippen LogP contribution in [0.2, 0.25) is 0 Å². The Bertz CT molecular complexity index is 895. The van der Waals surface area contributed by atoms with E-state index in [-0.39, 0.29) is 6.04 Å². The van der Waals surface area contributed by atoms with E-state index < -0.39 is 0 Å². The molecule has 4 aliphatic heterocycles. The highest BCUT2D eigenvalue weighted by Gasteiger charge is 2.32. The first-order valence-corrected chi connectivity index (χ1v) is 11.3. The molecule has 0 saturated carbocycles. The third-order valence-corrected chi connectivity index (χ3v) is 6.94. The van der Waals surface area contributed by atoms with E-state index in [0.717, 1.165) is 57.4 Å². The van der Waals surface area contributed by atoms with Crippen molar-refractivity contribution in [2.45, 2.75) is 19.4 Å². The molecule has 0 bridgehead atoms. The molecule has 1 aromatic carbocycles. The van der Waals surface area contributed by atoms with Gasteiger partial charge in [-0.3, -0.25) is 0 Å². The predicted molar refractivity (Wildman–Crippen MR) is 125 cm³/mol. The van der Waals surface area contributed by atoms with Gasteiger partial charge in [0.05, 0.1) is 6.04 Å². The molecule has 160 valence electrons. The van der Waals surface area contributed by atoms with Crippen LogP contribution in [-0.2, 0) is 0 Å². The fraction of sp³-hybridized carbons (Fsp3) is 0.500. The Balaban J connectivity index is 1.47. The summed E-state index contributed by atoms with van der Waals surface area (Å²) in [6, 6.07) is 6.61. The van der Waals surface area contributed by atoms with E-state index in [1.165, 1.54) is 34.8 Å². The van der Waals surface area contributed by atoms with Crippen LogP contribution >= 0.6 is 0 Å². The lowest BCUT2D eigenvalue weighted by atomic mass is 9.93. The summed E-state index contributed by atoms with van der Waals surface area (Å²) in [6.45, 7) is 9.73. The second kappa shape index (κ2) is 7.91. The quantitative estimate of drug-likeness (QED) is 0.668. The van der Waals surface area contributed by atoms with Gasteiger partial charge in [-0.15, -0.1) is 0 Å². The molecule has 0 amide bonds. The normalized spacial score (nSPS) is 26.6. The van der Waals surface area contributed by atoms with E-state index in [4.69, 9.17) is 5.73 Å². The number of likely N-dealkylation sites (N-methyl/N-ethyl adjacent to an activating group) is 1. The van der Waals surface area contributed by atoms with E-state index in [0.29, 0.717) is 0 Å². The molecule has 2 saturated heterocycles. The van der Waals surface area contributed by atoms with Gasteiger partial charge >= 0.3 is 0 Å². The van der Waals surface area contributed by atoms with Crippen LogP contribution in [-0.4, -0.2) is 68.7 Å². The molecule has 4 aliphatic rings. The highest BCUT2D eigenvalue weighted by molar-refractivity contribution is 5.83. The summed E-state index contributed by atoms with van der Waals surface area (Å²) in [5.74, 6) is 2.00. The number of nitrogen functional groups attached to an aromatic ring is 1. The second-order valence-electron chi connectivity index (χ2n) is 9.11. The van der Waals surface area contributed by atoms with Gasteiger partial charge in [0.15, 0.2) is 0 Å². The van der Waals surface area contributed by atoms with Gasteiger partial charge in [0.1, 0.15) is 5.82 Å². The third-order valence-electron chi connectivity index (χ3n) is 6.94. The Kier molecular flexibility index (Phi) is 5.11. The van der Waals surface area contributed by atoms with Crippen LogP contribution in [0.3, 0.4) is 0 Å². The van der Waals surface area contributed by atoms with Crippen molar-refractivity contribution >= 4 is 17.1 Å². The molecule has 4 heterocycles. The van der Waals surface area contributed by atoms with Crippen LogP contribution in [0.4, 0.5) is 11.4 Å². The van der Waals surface area contributed by atoms with Gasteiger partial charge in [-0.25, -0.2) is 0 Å². The number of nitrogens with zero attached hydrogens (tertiary/aromatic N) is 3. The summed E-state index contributed by atoms with van der Waals surface area (Å²) < 4.78 is 0. The summed E-state index contributed by atoms with van der Waals surface area (Å²) in [4.78, 5) is 7.40. The molecular formula is C24H34N6. The van der Waals surface area contributed by atoms with Gasteiger partial charge in [0.2, 0.25) is 0 Å². The van der Waals surface area contributed by atoms with Crippen molar-refractivity contribution < 1.29 is 0 Å². The first kappa shape index (κ1) is 19.4. The molecule has 0 aliphatic carbocycles. The maximum absolute atomic E-state index is 6.18. The number of fused-ring (bicyclic) bond motifs is 1. The SMILES string of the molecule is CC1CCN(C2=CC(C3=CC=C(N4CCNCC4)NC3)N(C)c3ccc(N)cc32)C1. The van der Waals surface area contributed by atoms with E-state index in [1.807, 2.05) is 6.07 Å². The number of piperazine rings is 1. The van der Waals surface area contributed by atoms with Crippen LogP contribution < -0.4 is 21.3 Å². The van der Waals surface area contributed by atoms with Gasteiger partial charge in [0.25, 0.3) is 0 Å². The van der Waals surface area contributed by atoms with Gasteiger partial charge in [0, 0.05) is 75.5 Å². The zero-order valence-corrected chi connectivity index (χ0v) is 18.2. The van der Waals surface area contributed by atoms with E-state index in [1.54, 1.807) is 0 Å². The Morgan fingerprint density at radius 3 is 2.60 bits per heavy atom. The van der Waals surface area contributed by atoms with Crippen molar-refractivity contribution in [3.8, 4) is 0 Å². The Hall–Kier alpha value is -2.60. The lowest BCUT2D eigenvalue weighted by Crippen LogP contribution is -2.47. The highest BCUT2D eigenvalue weighted by atomic mass is 15.3. The van der Waals surface area contributed by atoms with Crippen molar-refractivity contribution in [1.82, 2.24) is 20.4 Å². The summed E-state index contributed by atoms with van der Waals surface area (Å²) in [7, 11) is 2.20. The minimum atomic E-state index is 0.250. The molecule has 0 spiro atoms. The Morgan fingerprint density at radius 1 is 1.07 bits per heavy atom. The minimum absolute atomic E-state index is 0.250. The van der Waals surface area contributed by atoms with Crippen molar-refractivity contribution in [3.63, 3.8) is 0 Å². The predicted octanol–water partition coefficient (Wildman–Crippen LogP) is 2.05. The van der Waals surface area contributed by atoms with Gasteiger partial charge in [-0.1, -0.05) is 13.0 Å². The van der Waals surface area contributed by atoms with E-state index in [2.05, 4.69) is 69.7 Å². The number of hydrogen-bond acceptors (Lipinski definition) is 6. The number of likely N-dealkylation sites (tertiary alicyclic amines) is 1. The molecule has 2 fully saturated rings. The average molecular weight is 407 g/mol. The largest absolute Gasteiger partial charge is 0.399 e. The standard InChI is InChI=1S/C24H34N6/c1-17-7-10-30(16-17)23-14-22(28(2)21-5-4-19(25)13-20(21)23)18-3-6-24(27-15-18)29-11-8-26-9-12-29/h3-6,13-14,17,22,26-27H,7-12,15-16,25H2,1-2H3. The number of anilines is 2. The molecular weight excluding hydrogens is 372 g/mol. The van der Waals surface area contributed by atoms with Crippen molar-refractivity contribution in [1.29, 1.82) is 0 Å². The summed E-state index contributed by atoms with van der Waals surface area (Å²) in [5, 5.41) is 7.11. The van der Waals surface area contributed by atoms with Crippen LogP contribution in [0.5, 0.6) is 0 Å². The highest BCUT2D eigenvalue weighted by Crippen LogP contribution is 2.40. The third kappa shape index (κ3) is 3.54. The Labute approximate surface area is 180 Å². The number of nitrogens with two attached hydrogens (primary N) is 1. The maximum Gasteiger partial charge on any atom is 0.102 e. The molecule has 2 unspecified atom stereocenters. The number of allylic oxidation sites excluding steroid dienone is 2. The Morgan fingerprint density at radius 2 is 1.90 bits per heavy atom. The number of rotatable bonds is 3. The lowest BCUT2D eigenvalue weighted by molar-refractivity contribution is 0.281. The monoisotopic (exact) mass is 406 g/mol. The smallest absolute Gasteiger partial charge is 0.102 e. The van der Waals surface area contributed by atoms with Crippen LogP contribution in [0, 0.1) is 5.92 Å². The topological polar surface area (TPSA) is 59.8 Å². The molecule has 6 heteroatoms. The van der Waals surface area contributed by atoms with E-state index in [9.17, 15) is 0 Å². The zero-order chi connectivity index (χ0) is 20.7. The molecule has 2 atom stereocenters. The van der Waals surface area contributed by atoms with Crippen molar-refractivity contribution in [2.24, 2.45) is 5.92 Å². The number of hydrogen-bond donors (Lipinski definition) is 3. The summed E-state index contributed by atoms with van der Waals surface area (Å²) in [6.07, 6.45) is 8.31. The van der Waals surface area contributed by atoms with Crippen LogP contribution in [0.25, 0.3) is 5.70 Å². The molecule has 5 rings (SSSR count). The van der Waals surface area contributed by atoms with Gasteiger partial charge in [-0.05, 0) is 48.3 Å². The number of nitrogens with one attached hydrogen (secondary N) is 2. The first-order valence-electron chi connectivity index (χ1n) is 11.3. The molecule has 4 N–H and O–H groups in total. The molecule has 30 heavy (non-hydrogen) atoms. The zero-order valence-electron chi connectivity index (χ0n) is 18.2. The fourth-order valence-corrected chi connectivity index (χ4v) is 5.18. The van der Waals surface area contributed by atoms with E-state index >= 15 is 0 Å². The van der Waals surface area contributed by atoms with Gasteiger partial charge < -0.3 is 31.1 Å². The average Bonchev–Trinajstić information content (AvgIpc) is 3.21. The van der Waals surface area contributed by atoms with Crippen LogP contribution in [0.15, 0.2) is 47.8 Å². The number of benzene rings is 1. The minimum Gasteiger partial charge on any atom is -0.399 e. The molecule has 0 radical (unpaired) electrons. The van der Waals surface area contributed by atoms with Crippen molar-refractivity contribution in [3.05, 3.63) is 53.4 Å². The van der Waals surface area contributed by atoms with Crippen LogP contribution in [0.1, 0.15) is 18.9 Å². The van der Waals surface area contributed by atoms with Gasteiger partial charge in [-0.2, -0.15) is 0 Å². The molecule has 0 aromatic heterocycles. The second-order valence-corrected chi connectivity index (χ2v) is 9.11. The summed E-state index contributed by atoms with van der Waals surface area (Å²) >= 11 is 0.